The van der Waals surface area contributed by atoms with Crippen LogP contribution in [-0.4, -0.2) is 51.6 Å². The Morgan fingerprint density at radius 1 is 1.56 bits per heavy atom. The maximum Gasteiger partial charge on any atom is 0.289 e. The maximum atomic E-state index is 11.9. The smallest absolute Gasteiger partial charge is 0.289 e. The van der Waals surface area contributed by atoms with Crippen molar-refractivity contribution in [3.63, 3.8) is 0 Å². The average Bonchev–Trinajstić information content (AvgIpc) is 2.94. The summed E-state index contributed by atoms with van der Waals surface area (Å²) >= 11 is 5.65. The van der Waals surface area contributed by atoms with Crippen LogP contribution in [0.1, 0.15) is 17.0 Å². The molecular weight excluding hydrogens is 256 g/mol. The van der Waals surface area contributed by atoms with Gasteiger partial charge in [-0.1, -0.05) is 11.6 Å². The van der Waals surface area contributed by atoms with Gasteiger partial charge in [0.1, 0.15) is 0 Å². The lowest BCUT2D eigenvalue weighted by Gasteiger charge is -2.22. The van der Waals surface area contributed by atoms with E-state index in [0.717, 1.165) is 32.3 Å². The van der Waals surface area contributed by atoms with Gasteiger partial charge in [-0.05, 0) is 18.9 Å². The number of aromatic nitrogens is 2. The molecule has 1 aromatic heterocycles. The summed E-state index contributed by atoms with van der Waals surface area (Å²) in [6.07, 6.45) is 2.26. The van der Waals surface area contributed by atoms with Gasteiger partial charge in [0.05, 0.1) is 6.20 Å². The molecule has 2 bridgehead atoms. The summed E-state index contributed by atoms with van der Waals surface area (Å²) in [6, 6.07) is 0.169. The van der Waals surface area contributed by atoms with Crippen molar-refractivity contribution in [3.8, 4) is 5.75 Å². The molecule has 1 aromatic rings. The van der Waals surface area contributed by atoms with Crippen molar-refractivity contribution >= 4 is 17.5 Å². The molecule has 0 radical (unpaired) electrons. The zero-order valence-electron chi connectivity index (χ0n) is 9.64. The van der Waals surface area contributed by atoms with Gasteiger partial charge in [0.2, 0.25) is 5.82 Å². The molecule has 3 unspecified atom stereocenters. The number of aromatic hydroxyl groups is 1. The van der Waals surface area contributed by atoms with Crippen molar-refractivity contribution in [3.05, 3.63) is 17.2 Å². The van der Waals surface area contributed by atoms with Crippen LogP contribution in [0.2, 0.25) is 5.15 Å². The number of carbonyl (C=O) groups excluding carboxylic acids is 1. The molecule has 1 amide bonds. The Kier molecular flexibility index (Phi) is 2.83. The Labute approximate surface area is 109 Å². The first kappa shape index (κ1) is 11.7. The van der Waals surface area contributed by atoms with Gasteiger partial charge in [0.25, 0.3) is 5.91 Å². The van der Waals surface area contributed by atoms with Gasteiger partial charge >= 0.3 is 0 Å². The van der Waals surface area contributed by atoms with E-state index >= 15 is 0 Å². The van der Waals surface area contributed by atoms with Crippen molar-refractivity contribution in [1.29, 1.82) is 0 Å². The second-order valence-electron chi connectivity index (χ2n) is 4.76. The van der Waals surface area contributed by atoms with Crippen LogP contribution in [0.3, 0.4) is 0 Å². The first-order chi connectivity index (χ1) is 8.63. The lowest BCUT2D eigenvalue weighted by molar-refractivity contribution is 0.0913. The van der Waals surface area contributed by atoms with Gasteiger partial charge in [0, 0.05) is 19.1 Å². The number of hydrogen-bond acceptors (Lipinski definition) is 5. The zero-order chi connectivity index (χ0) is 12.7. The Hall–Kier alpha value is -1.40. The average molecular weight is 269 g/mol. The van der Waals surface area contributed by atoms with Crippen LogP contribution < -0.4 is 5.32 Å². The molecule has 0 aliphatic carbocycles. The Morgan fingerprint density at radius 3 is 3.00 bits per heavy atom. The molecule has 2 aliphatic rings. The molecule has 2 fully saturated rings. The highest BCUT2D eigenvalue weighted by molar-refractivity contribution is 6.30. The van der Waals surface area contributed by atoms with E-state index in [-0.39, 0.29) is 28.7 Å². The van der Waals surface area contributed by atoms with Crippen LogP contribution in [0, 0.1) is 5.92 Å². The van der Waals surface area contributed by atoms with E-state index in [2.05, 4.69) is 20.2 Å². The Morgan fingerprint density at radius 2 is 2.39 bits per heavy atom. The fraction of sp³-hybridized carbons (Fsp3) is 0.545. The predicted molar refractivity (Wildman–Crippen MR) is 64.5 cm³/mol. The highest BCUT2D eigenvalue weighted by Crippen LogP contribution is 2.27. The number of nitrogens with one attached hydrogen (secondary N) is 1. The van der Waals surface area contributed by atoms with Gasteiger partial charge in [-0.25, -0.2) is 9.97 Å². The zero-order valence-corrected chi connectivity index (χ0v) is 10.4. The van der Waals surface area contributed by atoms with Gasteiger partial charge in [-0.2, -0.15) is 0 Å². The molecule has 2 N–H and O–H groups in total. The number of rotatable bonds is 2. The normalized spacial score (nSPS) is 29.5. The van der Waals surface area contributed by atoms with E-state index in [4.69, 9.17) is 11.6 Å². The van der Waals surface area contributed by atoms with Crippen LogP contribution in [0.15, 0.2) is 6.20 Å². The third kappa shape index (κ3) is 2.02. The number of amides is 1. The van der Waals surface area contributed by atoms with Crippen LogP contribution >= 0.6 is 11.6 Å². The SMILES string of the molecule is O=C(NC1CN2CCC1C2)c1ncc(O)c(Cl)n1. The molecule has 6 nitrogen and oxygen atoms in total. The largest absolute Gasteiger partial charge is 0.504 e. The van der Waals surface area contributed by atoms with Crippen LogP contribution in [0.25, 0.3) is 0 Å². The van der Waals surface area contributed by atoms with E-state index in [1.165, 1.54) is 0 Å². The lowest BCUT2D eigenvalue weighted by Crippen LogP contribution is -2.43. The molecule has 0 spiro atoms. The molecule has 3 rings (SSSR count). The molecule has 3 heterocycles. The summed E-state index contributed by atoms with van der Waals surface area (Å²) in [5.74, 6) is -0.0352. The predicted octanol–water partition coefficient (Wildman–Crippen LogP) is 0.269. The number of halogens is 1. The molecular formula is C11H13ClN4O2. The number of nitrogens with zero attached hydrogens (tertiary/aromatic N) is 3. The molecule has 0 saturated carbocycles. The number of piperidine rings is 1. The third-order valence-corrected chi connectivity index (χ3v) is 3.86. The third-order valence-electron chi connectivity index (χ3n) is 3.58. The van der Waals surface area contributed by atoms with E-state index < -0.39 is 0 Å². The molecule has 3 atom stereocenters. The Bertz CT molecular complexity index is 496. The van der Waals surface area contributed by atoms with E-state index in [1.807, 2.05) is 0 Å². The van der Waals surface area contributed by atoms with Crippen LogP contribution in [0.4, 0.5) is 0 Å². The molecule has 2 saturated heterocycles. The van der Waals surface area contributed by atoms with Crippen LogP contribution in [-0.2, 0) is 0 Å². The monoisotopic (exact) mass is 268 g/mol. The first-order valence-electron chi connectivity index (χ1n) is 5.88. The molecule has 7 heteroatoms. The van der Waals surface area contributed by atoms with Gasteiger partial charge in [-0.3, -0.25) is 4.79 Å². The molecule has 2 aliphatic heterocycles. The number of carbonyl (C=O) groups is 1. The molecule has 18 heavy (non-hydrogen) atoms. The number of hydrogen-bond donors (Lipinski definition) is 2. The van der Waals surface area contributed by atoms with Crippen molar-refractivity contribution in [2.75, 3.05) is 19.6 Å². The summed E-state index contributed by atoms with van der Waals surface area (Å²) in [4.78, 5) is 21.8. The molecule has 96 valence electrons. The van der Waals surface area contributed by atoms with Crippen molar-refractivity contribution in [1.82, 2.24) is 20.2 Å². The summed E-state index contributed by atoms with van der Waals surface area (Å²) in [6.45, 7) is 3.07. The van der Waals surface area contributed by atoms with E-state index in [0.29, 0.717) is 5.92 Å². The fourth-order valence-corrected chi connectivity index (χ4v) is 2.77. The highest BCUT2D eigenvalue weighted by Gasteiger charge is 2.38. The quantitative estimate of drug-likeness (QED) is 0.753. The van der Waals surface area contributed by atoms with Crippen LogP contribution in [0.5, 0.6) is 5.75 Å². The van der Waals surface area contributed by atoms with Crippen molar-refractivity contribution in [2.24, 2.45) is 5.92 Å². The fourth-order valence-electron chi connectivity index (χ4n) is 2.64. The first-order valence-corrected chi connectivity index (χ1v) is 6.26. The van der Waals surface area contributed by atoms with Crippen molar-refractivity contribution in [2.45, 2.75) is 12.5 Å². The molecule has 0 aromatic carbocycles. The lowest BCUT2D eigenvalue weighted by atomic mass is 10.00. The number of fused-ring (bicyclic) bond motifs is 2. The summed E-state index contributed by atoms with van der Waals surface area (Å²) in [5, 5.41) is 12.0. The Balaban J connectivity index is 1.69. The summed E-state index contributed by atoms with van der Waals surface area (Å²) < 4.78 is 0. The van der Waals surface area contributed by atoms with Gasteiger partial charge in [-0.15, -0.1) is 0 Å². The van der Waals surface area contributed by atoms with E-state index in [1.54, 1.807) is 0 Å². The van der Waals surface area contributed by atoms with Gasteiger partial charge in [0.15, 0.2) is 10.9 Å². The second kappa shape index (κ2) is 4.37. The summed E-state index contributed by atoms with van der Waals surface area (Å²) in [5.41, 5.74) is 0. The standard InChI is InChI=1S/C11H13ClN4O2/c12-9-8(17)3-13-10(15-9)11(18)14-7-5-16-2-1-6(7)4-16/h3,6-7,17H,1-2,4-5H2,(H,14,18). The van der Waals surface area contributed by atoms with Crippen molar-refractivity contribution < 1.29 is 9.90 Å². The summed E-state index contributed by atoms with van der Waals surface area (Å²) in [7, 11) is 0. The van der Waals surface area contributed by atoms with E-state index in [9.17, 15) is 9.90 Å². The topological polar surface area (TPSA) is 78.4 Å². The maximum absolute atomic E-state index is 11.9. The minimum atomic E-state index is -0.337. The second-order valence-corrected chi connectivity index (χ2v) is 5.12. The van der Waals surface area contributed by atoms with Gasteiger partial charge < -0.3 is 15.3 Å². The highest BCUT2D eigenvalue weighted by atomic mass is 35.5. The minimum Gasteiger partial charge on any atom is -0.504 e. The minimum absolute atomic E-state index is 0.00410.